The van der Waals surface area contributed by atoms with Crippen molar-refractivity contribution < 1.29 is 4.39 Å². The maximum Gasteiger partial charge on any atom is 0.248 e. The van der Waals surface area contributed by atoms with Gasteiger partial charge in [-0.05, 0) is 67.0 Å². The second kappa shape index (κ2) is 7.40. The van der Waals surface area contributed by atoms with Gasteiger partial charge < -0.3 is 5.32 Å². The Morgan fingerprint density at radius 3 is 2.56 bits per heavy atom. The third-order valence-corrected chi connectivity index (χ3v) is 3.99. The van der Waals surface area contributed by atoms with Crippen molar-refractivity contribution in [2.45, 2.75) is 20.4 Å². The van der Waals surface area contributed by atoms with E-state index in [-0.39, 0.29) is 5.82 Å². The molecule has 0 unspecified atom stereocenters. The Bertz CT molecular complexity index is 889. The summed E-state index contributed by atoms with van der Waals surface area (Å²) in [5.41, 5.74) is 4.26. The van der Waals surface area contributed by atoms with Crippen LogP contribution in [-0.4, -0.2) is 19.9 Å². The van der Waals surface area contributed by atoms with Crippen molar-refractivity contribution in [2.75, 3.05) is 10.6 Å². The fourth-order valence-corrected chi connectivity index (χ4v) is 2.50. The van der Waals surface area contributed by atoms with Crippen molar-refractivity contribution in [3.05, 3.63) is 71.3 Å². The molecule has 2 N–H and O–H groups in total. The zero-order valence-electron chi connectivity index (χ0n) is 14.0. The Morgan fingerprint density at radius 2 is 1.84 bits per heavy atom. The van der Waals surface area contributed by atoms with Crippen molar-refractivity contribution in [2.24, 2.45) is 0 Å². The Balaban J connectivity index is 1.59. The van der Waals surface area contributed by atoms with E-state index in [4.69, 9.17) is 12.2 Å². The zero-order valence-corrected chi connectivity index (χ0v) is 14.8. The van der Waals surface area contributed by atoms with Crippen LogP contribution < -0.4 is 10.6 Å². The summed E-state index contributed by atoms with van der Waals surface area (Å²) in [7, 11) is 0. The van der Waals surface area contributed by atoms with Gasteiger partial charge in [-0.25, -0.2) is 14.1 Å². The van der Waals surface area contributed by atoms with Crippen LogP contribution in [0.2, 0.25) is 0 Å². The lowest BCUT2D eigenvalue weighted by molar-refractivity contribution is 0.624. The van der Waals surface area contributed by atoms with Crippen molar-refractivity contribution in [1.82, 2.24) is 14.8 Å². The van der Waals surface area contributed by atoms with Gasteiger partial charge in [-0.15, -0.1) is 5.10 Å². The summed E-state index contributed by atoms with van der Waals surface area (Å²) < 4.78 is 14.6. The summed E-state index contributed by atoms with van der Waals surface area (Å²) in [4.78, 5) is 4.18. The summed E-state index contributed by atoms with van der Waals surface area (Å²) >= 11 is 5.29. The average molecular weight is 355 g/mol. The minimum absolute atomic E-state index is 0.257. The molecule has 0 spiro atoms. The van der Waals surface area contributed by atoms with Crippen LogP contribution in [-0.2, 0) is 6.54 Å². The number of benzene rings is 2. The van der Waals surface area contributed by atoms with Gasteiger partial charge in [0, 0.05) is 5.69 Å². The first-order chi connectivity index (χ1) is 12.0. The van der Waals surface area contributed by atoms with Crippen LogP contribution in [0, 0.1) is 19.7 Å². The summed E-state index contributed by atoms with van der Waals surface area (Å²) in [5, 5.41) is 10.8. The molecule has 0 bridgehead atoms. The van der Waals surface area contributed by atoms with Gasteiger partial charge in [0.05, 0.1) is 6.54 Å². The third-order valence-electron chi connectivity index (χ3n) is 3.78. The minimum atomic E-state index is -0.257. The highest BCUT2D eigenvalue weighted by molar-refractivity contribution is 7.80. The van der Waals surface area contributed by atoms with E-state index in [1.54, 1.807) is 23.1 Å². The molecule has 0 radical (unpaired) electrons. The van der Waals surface area contributed by atoms with Crippen LogP contribution >= 0.6 is 12.2 Å². The Hall–Kier alpha value is -2.80. The quantitative estimate of drug-likeness (QED) is 0.696. The molecular weight excluding hydrogens is 337 g/mol. The molecular formula is C18H18FN5S. The lowest BCUT2D eigenvalue weighted by Gasteiger charge is -2.09. The molecule has 0 atom stereocenters. The molecule has 0 amide bonds. The van der Waals surface area contributed by atoms with E-state index >= 15 is 0 Å². The molecule has 5 nitrogen and oxygen atoms in total. The highest BCUT2D eigenvalue weighted by Crippen LogP contribution is 2.14. The monoisotopic (exact) mass is 355 g/mol. The first-order valence-corrected chi connectivity index (χ1v) is 8.19. The first kappa shape index (κ1) is 17.0. The average Bonchev–Trinajstić information content (AvgIpc) is 3.00. The van der Waals surface area contributed by atoms with Gasteiger partial charge >= 0.3 is 0 Å². The molecule has 0 aliphatic rings. The Morgan fingerprint density at radius 1 is 1.08 bits per heavy atom. The van der Waals surface area contributed by atoms with Crippen LogP contribution in [0.25, 0.3) is 0 Å². The topological polar surface area (TPSA) is 54.8 Å². The van der Waals surface area contributed by atoms with Gasteiger partial charge in [-0.3, -0.25) is 5.32 Å². The van der Waals surface area contributed by atoms with Crippen LogP contribution in [0.1, 0.15) is 16.7 Å². The second-order valence-corrected chi connectivity index (χ2v) is 6.18. The number of thiocarbonyl (C=S) groups is 1. The van der Waals surface area contributed by atoms with Crippen molar-refractivity contribution in [3.8, 4) is 0 Å². The number of rotatable bonds is 4. The second-order valence-electron chi connectivity index (χ2n) is 5.77. The number of hydrogen-bond donors (Lipinski definition) is 2. The van der Waals surface area contributed by atoms with E-state index in [0.717, 1.165) is 11.3 Å². The molecule has 25 heavy (non-hydrogen) atoms. The lowest BCUT2D eigenvalue weighted by atomic mass is 10.1. The number of aromatic nitrogens is 3. The molecule has 0 aliphatic heterocycles. The molecule has 7 heteroatoms. The van der Waals surface area contributed by atoms with Gasteiger partial charge in [-0.2, -0.15) is 0 Å². The predicted molar refractivity (Wildman–Crippen MR) is 101 cm³/mol. The fourth-order valence-electron chi connectivity index (χ4n) is 2.29. The molecule has 0 aliphatic carbocycles. The number of anilines is 2. The summed E-state index contributed by atoms with van der Waals surface area (Å²) in [6.45, 7) is 4.62. The van der Waals surface area contributed by atoms with Crippen LogP contribution in [0.3, 0.4) is 0 Å². The smallest absolute Gasteiger partial charge is 0.248 e. The summed E-state index contributed by atoms with van der Waals surface area (Å²) in [6.07, 6.45) is 1.60. The van der Waals surface area contributed by atoms with Gasteiger partial charge in [0.25, 0.3) is 0 Å². The summed E-state index contributed by atoms with van der Waals surface area (Å²) in [6, 6.07) is 12.3. The Kier molecular flexibility index (Phi) is 5.04. The van der Waals surface area contributed by atoms with Crippen molar-refractivity contribution in [1.29, 1.82) is 0 Å². The van der Waals surface area contributed by atoms with E-state index in [1.165, 1.54) is 23.3 Å². The van der Waals surface area contributed by atoms with Gasteiger partial charge in [0.1, 0.15) is 12.1 Å². The van der Waals surface area contributed by atoms with E-state index in [9.17, 15) is 4.39 Å². The Labute approximate surface area is 150 Å². The normalized spacial score (nSPS) is 10.5. The molecule has 2 aromatic carbocycles. The molecule has 3 aromatic rings. The third kappa shape index (κ3) is 4.60. The van der Waals surface area contributed by atoms with Gasteiger partial charge in [0.2, 0.25) is 5.95 Å². The van der Waals surface area contributed by atoms with E-state index in [2.05, 4.69) is 34.6 Å². The molecule has 3 rings (SSSR count). The fraction of sp³-hybridized carbons (Fsp3) is 0.167. The lowest BCUT2D eigenvalue weighted by Crippen LogP contribution is -2.20. The molecule has 128 valence electrons. The van der Waals surface area contributed by atoms with Crippen molar-refractivity contribution in [3.63, 3.8) is 0 Å². The maximum atomic E-state index is 12.9. The maximum absolute atomic E-state index is 12.9. The van der Waals surface area contributed by atoms with E-state index in [0.29, 0.717) is 17.6 Å². The molecule has 0 saturated carbocycles. The SMILES string of the molecule is Cc1ccc(NC(=S)Nc2ncn(Cc3ccc(F)cc3)n2)cc1C. The number of nitrogens with one attached hydrogen (secondary N) is 2. The molecule has 0 fully saturated rings. The molecule has 1 heterocycles. The van der Waals surface area contributed by atoms with Crippen LogP contribution in [0.5, 0.6) is 0 Å². The van der Waals surface area contributed by atoms with Crippen LogP contribution in [0.15, 0.2) is 48.8 Å². The highest BCUT2D eigenvalue weighted by atomic mass is 32.1. The number of aryl methyl sites for hydroxylation is 2. The number of halogens is 1. The highest BCUT2D eigenvalue weighted by Gasteiger charge is 2.05. The van der Waals surface area contributed by atoms with Gasteiger partial charge in [-0.1, -0.05) is 18.2 Å². The number of nitrogens with zero attached hydrogens (tertiary/aromatic N) is 3. The van der Waals surface area contributed by atoms with E-state index < -0.39 is 0 Å². The van der Waals surface area contributed by atoms with Crippen molar-refractivity contribution >= 4 is 29.0 Å². The van der Waals surface area contributed by atoms with Crippen LogP contribution in [0.4, 0.5) is 16.0 Å². The molecule has 0 saturated heterocycles. The number of hydrogen-bond acceptors (Lipinski definition) is 3. The van der Waals surface area contributed by atoms with E-state index in [1.807, 2.05) is 18.2 Å². The molecule has 1 aromatic heterocycles. The summed E-state index contributed by atoms with van der Waals surface area (Å²) in [5.74, 6) is 0.149. The first-order valence-electron chi connectivity index (χ1n) is 7.79. The standard InChI is InChI=1S/C18H18FN5S/c1-12-3-8-16(9-13(12)2)21-18(25)22-17-20-11-24(23-17)10-14-4-6-15(19)7-5-14/h3-9,11H,10H2,1-2H3,(H2,21,22,23,25). The van der Waals surface area contributed by atoms with Gasteiger partial charge in [0.15, 0.2) is 5.11 Å². The predicted octanol–water partition coefficient (Wildman–Crippen LogP) is 3.89. The minimum Gasteiger partial charge on any atom is -0.332 e. The largest absolute Gasteiger partial charge is 0.332 e. The zero-order chi connectivity index (χ0) is 17.8.